The predicted octanol–water partition coefficient (Wildman–Crippen LogP) is 3.36. The summed E-state index contributed by atoms with van der Waals surface area (Å²) in [7, 11) is 0. The van der Waals surface area contributed by atoms with Gasteiger partial charge in [0.25, 0.3) is 0 Å². The topological polar surface area (TPSA) is 98.2 Å². The molecule has 2 aromatic rings. The van der Waals surface area contributed by atoms with Crippen LogP contribution in [-0.4, -0.2) is 37.8 Å². The molecule has 0 saturated heterocycles. The van der Waals surface area contributed by atoms with Crippen LogP contribution in [0.2, 0.25) is 0 Å². The molecule has 2 amide bonds. The van der Waals surface area contributed by atoms with E-state index in [0.717, 1.165) is 6.42 Å². The first-order valence-electron chi connectivity index (χ1n) is 9.84. The van der Waals surface area contributed by atoms with Gasteiger partial charge < -0.3 is 19.5 Å². The molecule has 8 heteroatoms. The second-order valence-electron chi connectivity index (χ2n) is 6.10. The normalized spacial score (nSPS) is 10.5. The molecule has 0 aromatic heterocycles. The number of nitrogens with zero attached hydrogens (tertiary/aromatic N) is 1. The molecule has 0 fully saturated rings. The van der Waals surface area contributed by atoms with Crippen LogP contribution in [0.25, 0.3) is 0 Å². The van der Waals surface area contributed by atoms with Gasteiger partial charge in [0, 0.05) is 5.69 Å². The Morgan fingerprint density at radius 1 is 0.900 bits per heavy atom. The maximum Gasteiger partial charge on any atom is 0.329 e. The van der Waals surface area contributed by atoms with Crippen molar-refractivity contribution in [3.63, 3.8) is 0 Å². The Balaban J connectivity index is 1.92. The van der Waals surface area contributed by atoms with Crippen LogP contribution in [0.4, 0.5) is 5.69 Å². The minimum atomic E-state index is -0.881. The summed E-state index contributed by atoms with van der Waals surface area (Å²) < 4.78 is 16.6. The van der Waals surface area contributed by atoms with E-state index < -0.39 is 11.8 Å². The summed E-state index contributed by atoms with van der Waals surface area (Å²) in [6.07, 6.45) is 2.31. The van der Waals surface area contributed by atoms with E-state index in [1.807, 2.05) is 20.8 Å². The number of rotatable bonds is 10. The van der Waals surface area contributed by atoms with Crippen molar-refractivity contribution in [1.29, 1.82) is 0 Å². The molecule has 0 saturated carbocycles. The van der Waals surface area contributed by atoms with Crippen LogP contribution in [0, 0.1) is 0 Å². The molecular formula is C22H27N3O5. The maximum absolute atomic E-state index is 12.0. The Kier molecular flexibility index (Phi) is 9.18. The highest BCUT2D eigenvalue weighted by Gasteiger charge is 2.13. The van der Waals surface area contributed by atoms with Gasteiger partial charge in [-0.15, -0.1) is 0 Å². The Labute approximate surface area is 176 Å². The Morgan fingerprint density at radius 2 is 1.63 bits per heavy atom. The van der Waals surface area contributed by atoms with E-state index >= 15 is 0 Å². The van der Waals surface area contributed by atoms with Gasteiger partial charge in [-0.05, 0) is 68.3 Å². The third-order valence-corrected chi connectivity index (χ3v) is 3.74. The number of amides is 2. The highest BCUT2D eigenvalue weighted by molar-refractivity contribution is 6.39. The zero-order valence-corrected chi connectivity index (χ0v) is 17.4. The molecule has 0 bridgehead atoms. The number of nitrogens with one attached hydrogen (secondary N) is 2. The van der Waals surface area contributed by atoms with Crippen LogP contribution in [-0.2, 0) is 9.59 Å². The highest BCUT2D eigenvalue weighted by Crippen LogP contribution is 2.28. The van der Waals surface area contributed by atoms with E-state index in [9.17, 15) is 9.59 Å². The van der Waals surface area contributed by atoms with Gasteiger partial charge >= 0.3 is 11.8 Å². The Bertz CT molecular complexity index is 866. The first kappa shape index (κ1) is 22.7. The van der Waals surface area contributed by atoms with Crippen LogP contribution in [0.1, 0.15) is 32.8 Å². The lowest BCUT2D eigenvalue weighted by molar-refractivity contribution is -0.136. The fraction of sp³-hybridized carbons (Fsp3) is 0.318. The van der Waals surface area contributed by atoms with E-state index in [1.165, 1.54) is 6.21 Å². The van der Waals surface area contributed by atoms with Crippen molar-refractivity contribution in [3.05, 3.63) is 48.0 Å². The lowest BCUT2D eigenvalue weighted by Crippen LogP contribution is -2.32. The molecule has 0 aliphatic heterocycles. The van der Waals surface area contributed by atoms with Gasteiger partial charge in [-0.25, -0.2) is 5.43 Å². The lowest BCUT2D eigenvalue weighted by Gasteiger charge is -2.11. The molecule has 2 rings (SSSR count). The summed E-state index contributed by atoms with van der Waals surface area (Å²) in [6.45, 7) is 7.42. The Morgan fingerprint density at radius 3 is 2.30 bits per heavy atom. The van der Waals surface area contributed by atoms with Crippen molar-refractivity contribution >= 4 is 23.7 Å². The zero-order chi connectivity index (χ0) is 21.8. The minimum absolute atomic E-state index is 0.478. The number of carbonyl (C=O) groups is 2. The van der Waals surface area contributed by atoms with Crippen molar-refractivity contribution in [2.24, 2.45) is 5.10 Å². The fourth-order valence-electron chi connectivity index (χ4n) is 2.41. The van der Waals surface area contributed by atoms with E-state index in [4.69, 9.17) is 14.2 Å². The molecule has 8 nitrogen and oxygen atoms in total. The largest absolute Gasteiger partial charge is 0.494 e. The van der Waals surface area contributed by atoms with Gasteiger partial charge in [0.2, 0.25) is 0 Å². The minimum Gasteiger partial charge on any atom is -0.494 e. The van der Waals surface area contributed by atoms with Gasteiger partial charge in [0.05, 0.1) is 26.0 Å². The fourth-order valence-corrected chi connectivity index (χ4v) is 2.41. The summed E-state index contributed by atoms with van der Waals surface area (Å²) in [4.78, 5) is 23.9. The molecule has 160 valence electrons. The van der Waals surface area contributed by atoms with E-state index in [-0.39, 0.29) is 0 Å². The van der Waals surface area contributed by atoms with Gasteiger partial charge in [-0.1, -0.05) is 6.92 Å². The van der Waals surface area contributed by atoms with E-state index in [0.29, 0.717) is 48.3 Å². The van der Waals surface area contributed by atoms with Crippen LogP contribution in [0.3, 0.4) is 0 Å². The molecule has 0 unspecified atom stereocenters. The van der Waals surface area contributed by atoms with Crippen LogP contribution in [0.15, 0.2) is 47.6 Å². The molecule has 0 spiro atoms. The van der Waals surface area contributed by atoms with Crippen molar-refractivity contribution < 1.29 is 23.8 Å². The van der Waals surface area contributed by atoms with Crippen molar-refractivity contribution in [2.75, 3.05) is 25.1 Å². The summed E-state index contributed by atoms with van der Waals surface area (Å²) in [5.74, 6) is 0.217. The summed E-state index contributed by atoms with van der Waals surface area (Å²) in [5.41, 5.74) is 3.37. The number of anilines is 1. The summed E-state index contributed by atoms with van der Waals surface area (Å²) in [6, 6.07) is 12.0. The summed E-state index contributed by atoms with van der Waals surface area (Å²) in [5, 5.41) is 6.33. The molecule has 2 N–H and O–H groups in total. The number of hydrazone groups is 1. The average Bonchev–Trinajstić information content (AvgIpc) is 2.75. The van der Waals surface area contributed by atoms with Crippen molar-refractivity contribution in [1.82, 2.24) is 5.43 Å². The molecule has 0 atom stereocenters. The van der Waals surface area contributed by atoms with Crippen LogP contribution in [0.5, 0.6) is 17.2 Å². The Hall–Kier alpha value is -3.55. The molecule has 0 aliphatic carbocycles. The number of hydrogen-bond donors (Lipinski definition) is 2. The molecule has 0 aliphatic rings. The first-order valence-corrected chi connectivity index (χ1v) is 9.84. The SMILES string of the molecule is CCCOc1ccc(C=NNC(=O)C(=O)Nc2ccc(OCC)cc2)cc1OCC. The van der Waals surface area contributed by atoms with Crippen LogP contribution >= 0.6 is 0 Å². The standard InChI is InChI=1S/C22H27N3O5/c1-4-13-30-19-12-7-16(14-20(19)29-6-3)15-23-25-22(27)21(26)24-17-8-10-18(11-9-17)28-5-2/h7-12,14-15H,4-6,13H2,1-3H3,(H,24,26)(H,25,27). The zero-order valence-electron chi connectivity index (χ0n) is 17.4. The second kappa shape index (κ2) is 12.1. The van der Waals surface area contributed by atoms with Gasteiger partial charge in [0.1, 0.15) is 5.75 Å². The first-order chi connectivity index (χ1) is 14.6. The molecular weight excluding hydrogens is 386 g/mol. The number of carbonyl (C=O) groups excluding carboxylic acids is 2. The highest BCUT2D eigenvalue weighted by atomic mass is 16.5. The van der Waals surface area contributed by atoms with Crippen molar-refractivity contribution in [3.8, 4) is 17.2 Å². The van der Waals surface area contributed by atoms with E-state index in [1.54, 1.807) is 42.5 Å². The summed E-state index contributed by atoms with van der Waals surface area (Å²) >= 11 is 0. The van der Waals surface area contributed by atoms with E-state index in [2.05, 4.69) is 15.8 Å². The number of ether oxygens (including phenoxy) is 3. The quantitative estimate of drug-likeness (QED) is 0.354. The smallest absolute Gasteiger partial charge is 0.329 e. The number of hydrogen-bond acceptors (Lipinski definition) is 6. The molecule has 2 aromatic carbocycles. The molecule has 0 heterocycles. The van der Waals surface area contributed by atoms with Crippen LogP contribution < -0.4 is 25.0 Å². The van der Waals surface area contributed by atoms with Gasteiger partial charge in [0.15, 0.2) is 11.5 Å². The predicted molar refractivity (Wildman–Crippen MR) is 115 cm³/mol. The molecule has 0 radical (unpaired) electrons. The monoisotopic (exact) mass is 413 g/mol. The third-order valence-electron chi connectivity index (χ3n) is 3.74. The van der Waals surface area contributed by atoms with Crippen molar-refractivity contribution in [2.45, 2.75) is 27.2 Å². The number of benzene rings is 2. The maximum atomic E-state index is 12.0. The van der Waals surface area contributed by atoms with Gasteiger partial charge in [-0.2, -0.15) is 5.10 Å². The lowest BCUT2D eigenvalue weighted by atomic mass is 10.2. The third kappa shape index (κ3) is 7.12. The van der Waals surface area contributed by atoms with Gasteiger partial charge in [-0.3, -0.25) is 9.59 Å². The molecule has 30 heavy (non-hydrogen) atoms. The average molecular weight is 413 g/mol. The second-order valence-corrected chi connectivity index (χ2v) is 6.10.